The zero-order chi connectivity index (χ0) is 17.5. The Morgan fingerprint density at radius 1 is 1.00 bits per heavy atom. The first-order chi connectivity index (χ1) is 11.5. The lowest BCUT2D eigenvalue weighted by molar-refractivity contribution is -0.144. The highest BCUT2D eigenvalue weighted by molar-refractivity contribution is 9.10. The van der Waals surface area contributed by atoms with Crippen LogP contribution in [0.15, 0.2) is 59.1 Å². The van der Waals surface area contributed by atoms with Crippen LogP contribution in [0.25, 0.3) is 0 Å². The predicted octanol–water partition coefficient (Wildman–Crippen LogP) is 2.99. The SMILES string of the molecule is C[C@H](NC(=O)c1ccccc1)C(=O)OCC(=O)c1ccc(Br)cc1. The molecule has 1 amide bonds. The van der Waals surface area contributed by atoms with Gasteiger partial charge in [0.05, 0.1) is 0 Å². The van der Waals surface area contributed by atoms with Crippen molar-refractivity contribution >= 4 is 33.6 Å². The van der Waals surface area contributed by atoms with Crippen LogP contribution in [0.5, 0.6) is 0 Å². The number of rotatable bonds is 6. The molecule has 0 saturated carbocycles. The summed E-state index contributed by atoms with van der Waals surface area (Å²) in [6, 6.07) is 14.4. The van der Waals surface area contributed by atoms with Gasteiger partial charge >= 0.3 is 5.97 Å². The fourth-order valence-corrected chi connectivity index (χ4v) is 2.17. The molecule has 1 atom stereocenters. The maximum absolute atomic E-state index is 12.0. The molecule has 5 nitrogen and oxygen atoms in total. The van der Waals surface area contributed by atoms with E-state index in [1.807, 2.05) is 0 Å². The molecule has 0 aliphatic carbocycles. The molecule has 2 aromatic rings. The molecule has 0 unspecified atom stereocenters. The molecule has 124 valence electrons. The van der Waals surface area contributed by atoms with Crippen LogP contribution in [0.2, 0.25) is 0 Å². The second-order valence-corrected chi connectivity index (χ2v) is 6.01. The highest BCUT2D eigenvalue weighted by Gasteiger charge is 2.19. The van der Waals surface area contributed by atoms with Gasteiger partial charge in [-0.15, -0.1) is 0 Å². The van der Waals surface area contributed by atoms with Gasteiger partial charge in [-0.3, -0.25) is 9.59 Å². The van der Waals surface area contributed by atoms with Gasteiger partial charge in [0.1, 0.15) is 6.04 Å². The second-order valence-electron chi connectivity index (χ2n) is 5.10. The van der Waals surface area contributed by atoms with Crippen molar-refractivity contribution in [2.75, 3.05) is 6.61 Å². The molecule has 0 bridgehead atoms. The molecular formula is C18H16BrNO4. The van der Waals surface area contributed by atoms with Crippen molar-refractivity contribution in [3.8, 4) is 0 Å². The number of ketones is 1. The minimum atomic E-state index is -0.851. The van der Waals surface area contributed by atoms with Crippen LogP contribution in [0.3, 0.4) is 0 Å². The largest absolute Gasteiger partial charge is 0.456 e. The molecule has 0 spiro atoms. The fraction of sp³-hybridized carbons (Fsp3) is 0.167. The Morgan fingerprint density at radius 3 is 2.25 bits per heavy atom. The number of nitrogens with one attached hydrogen (secondary N) is 1. The number of amides is 1. The molecule has 0 radical (unpaired) electrons. The van der Waals surface area contributed by atoms with E-state index in [9.17, 15) is 14.4 Å². The number of carbonyl (C=O) groups is 3. The van der Waals surface area contributed by atoms with Gasteiger partial charge in [0.15, 0.2) is 12.4 Å². The standard InChI is InChI=1S/C18H16BrNO4/c1-12(20-17(22)14-5-3-2-4-6-14)18(23)24-11-16(21)13-7-9-15(19)10-8-13/h2-10,12H,11H2,1H3,(H,20,22)/t12-/m0/s1. The van der Waals surface area contributed by atoms with Crippen molar-refractivity contribution in [3.63, 3.8) is 0 Å². The van der Waals surface area contributed by atoms with Gasteiger partial charge in [-0.1, -0.05) is 46.3 Å². The monoisotopic (exact) mass is 389 g/mol. The van der Waals surface area contributed by atoms with E-state index in [0.717, 1.165) is 4.47 Å². The molecule has 0 fully saturated rings. The van der Waals surface area contributed by atoms with Crippen LogP contribution in [-0.2, 0) is 9.53 Å². The third kappa shape index (κ3) is 5.03. The second kappa shape index (κ2) is 8.40. The maximum Gasteiger partial charge on any atom is 0.328 e. The smallest absolute Gasteiger partial charge is 0.328 e. The van der Waals surface area contributed by atoms with E-state index in [4.69, 9.17) is 4.74 Å². The predicted molar refractivity (Wildman–Crippen MR) is 92.8 cm³/mol. The summed E-state index contributed by atoms with van der Waals surface area (Å²) in [6.07, 6.45) is 0. The van der Waals surface area contributed by atoms with Crippen molar-refractivity contribution in [1.29, 1.82) is 0 Å². The summed E-state index contributed by atoms with van der Waals surface area (Å²) in [5.41, 5.74) is 0.898. The van der Waals surface area contributed by atoms with E-state index in [1.165, 1.54) is 6.92 Å². The zero-order valence-electron chi connectivity index (χ0n) is 13.0. The quantitative estimate of drug-likeness (QED) is 0.608. The van der Waals surface area contributed by atoms with Crippen LogP contribution in [0.1, 0.15) is 27.6 Å². The molecule has 24 heavy (non-hydrogen) atoms. The molecule has 0 heterocycles. The van der Waals surface area contributed by atoms with E-state index >= 15 is 0 Å². The first kappa shape index (κ1) is 17.9. The molecule has 2 rings (SSSR count). The number of hydrogen-bond acceptors (Lipinski definition) is 4. The van der Waals surface area contributed by atoms with Gasteiger partial charge < -0.3 is 10.1 Å². The third-order valence-electron chi connectivity index (χ3n) is 3.25. The summed E-state index contributed by atoms with van der Waals surface area (Å²) in [5.74, 6) is -1.35. The van der Waals surface area contributed by atoms with Gasteiger partial charge in [0.2, 0.25) is 0 Å². The molecule has 0 aliphatic heterocycles. The van der Waals surface area contributed by atoms with Crippen LogP contribution < -0.4 is 5.32 Å². The summed E-state index contributed by atoms with van der Waals surface area (Å²) in [4.78, 5) is 35.8. The minimum Gasteiger partial charge on any atom is -0.456 e. The highest BCUT2D eigenvalue weighted by Crippen LogP contribution is 2.11. The van der Waals surface area contributed by atoms with Crippen molar-refractivity contribution in [3.05, 3.63) is 70.2 Å². The molecule has 0 aromatic heterocycles. The van der Waals surface area contributed by atoms with E-state index < -0.39 is 12.0 Å². The summed E-state index contributed by atoms with van der Waals surface area (Å²) in [7, 11) is 0. The van der Waals surface area contributed by atoms with E-state index in [-0.39, 0.29) is 18.3 Å². The molecule has 1 N–H and O–H groups in total. The van der Waals surface area contributed by atoms with Crippen molar-refractivity contribution in [2.24, 2.45) is 0 Å². The summed E-state index contributed by atoms with van der Waals surface area (Å²) in [6.45, 7) is 1.14. The molecule has 6 heteroatoms. The summed E-state index contributed by atoms with van der Waals surface area (Å²) >= 11 is 3.28. The van der Waals surface area contributed by atoms with Gasteiger partial charge in [-0.25, -0.2) is 4.79 Å². The number of benzene rings is 2. The molecule has 0 aliphatic rings. The lowest BCUT2D eigenvalue weighted by Crippen LogP contribution is -2.40. The lowest BCUT2D eigenvalue weighted by atomic mass is 10.1. The van der Waals surface area contributed by atoms with Gasteiger partial charge in [-0.2, -0.15) is 0 Å². The summed E-state index contributed by atoms with van der Waals surface area (Å²) < 4.78 is 5.83. The zero-order valence-corrected chi connectivity index (χ0v) is 14.6. The first-order valence-corrected chi connectivity index (χ1v) is 8.08. The summed E-state index contributed by atoms with van der Waals surface area (Å²) in [5, 5.41) is 2.54. The van der Waals surface area contributed by atoms with Gasteiger partial charge in [0, 0.05) is 15.6 Å². The van der Waals surface area contributed by atoms with E-state index in [2.05, 4.69) is 21.2 Å². The first-order valence-electron chi connectivity index (χ1n) is 7.28. The Bertz CT molecular complexity index is 728. The Labute approximate surface area is 148 Å². The van der Waals surface area contributed by atoms with E-state index in [1.54, 1.807) is 54.6 Å². The van der Waals surface area contributed by atoms with Crippen LogP contribution >= 0.6 is 15.9 Å². The van der Waals surface area contributed by atoms with Crippen LogP contribution in [-0.4, -0.2) is 30.3 Å². The third-order valence-corrected chi connectivity index (χ3v) is 3.78. The molecule has 2 aromatic carbocycles. The Balaban J connectivity index is 1.84. The number of Topliss-reactive ketones (excluding diaryl/α,β-unsaturated/α-hetero) is 1. The molecular weight excluding hydrogens is 374 g/mol. The van der Waals surface area contributed by atoms with Crippen LogP contribution in [0.4, 0.5) is 0 Å². The van der Waals surface area contributed by atoms with Crippen molar-refractivity contribution < 1.29 is 19.1 Å². The van der Waals surface area contributed by atoms with Gasteiger partial charge in [-0.05, 0) is 31.2 Å². The number of esters is 1. The number of carbonyl (C=O) groups excluding carboxylic acids is 3. The minimum absolute atomic E-state index is 0.308. The van der Waals surface area contributed by atoms with Crippen molar-refractivity contribution in [1.82, 2.24) is 5.32 Å². The highest BCUT2D eigenvalue weighted by atomic mass is 79.9. The van der Waals surface area contributed by atoms with Gasteiger partial charge in [0.25, 0.3) is 5.91 Å². The average molecular weight is 390 g/mol. The topological polar surface area (TPSA) is 72.5 Å². The maximum atomic E-state index is 12.0. The molecule has 0 saturated heterocycles. The van der Waals surface area contributed by atoms with Crippen molar-refractivity contribution in [2.45, 2.75) is 13.0 Å². The Kier molecular flexibility index (Phi) is 6.26. The fourth-order valence-electron chi connectivity index (χ4n) is 1.91. The normalized spacial score (nSPS) is 11.4. The number of hydrogen-bond donors (Lipinski definition) is 1. The van der Waals surface area contributed by atoms with E-state index in [0.29, 0.717) is 11.1 Å². The average Bonchev–Trinajstić information content (AvgIpc) is 2.60. The Hall–Kier alpha value is -2.47. The van der Waals surface area contributed by atoms with Crippen LogP contribution in [0, 0.1) is 0 Å². The number of ether oxygens (including phenoxy) is 1. The number of halogens is 1. The Morgan fingerprint density at radius 2 is 1.62 bits per heavy atom. The lowest BCUT2D eigenvalue weighted by Gasteiger charge is -2.13.